The van der Waals surface area contributed by atoms with Gasteiger partial charge in [0.2, 0.25) is 5.91 Å². The van der Waals surface area contributed by atoms with E-state index in [0.29, 0.717) is 12.6 Å². The van der Waals surface area contributed by atoms with Gasteiger partial charge >= 0.3 is 0 Å². The number of allylic oxidation sites excluding steroid dienone is 2. The third-order valence-electron chi connectivity index (χ3n) is 6.81. The van der Waals surface area contributed by atoms with Crippen LogP contribution in [-0.2, 0) is 4.79 Å². The molecular formula is C27H28FN3OS. The van der Waals surface area contributed by atoms with Crippen LogP contribution in [0.2, 0.25) is 0 Å². The molecule has 0 spiro atoms. The second-order valence-corrected chi connectivity index (χ2v) is 9.84. The predicted molar refractivity (Wildman–Crippen MR) is 134 cm³/mol. The first-order valence-corrected chi connectivity index (χ1v) is 12.4. The summed E-state index contributed by atoms with van der Waals surface area (Å²) in [4.78, 5) is 20.0. The summed E-state index contributed by atoms with van der Waals surface area (Å²) in [6, 6.07) is 13.3. The number of hydrogen-bond acceptors (Lipinski definition) is 4. The van der Waals surface area contributed by atoms with Crippen molar-refractivity contribution in [2.75, 3.05) is 19.6 Å². The zero-order chi connectivity index (χ0) is 22.9. The molecule has 1 aliphatic carbocycles. The lowest BCUT2D eigenvalue weighted by Crippen LogP contribution is -2.40. The number of hydrogen-bond donors (Lipinski definition) is 1. The van der Waals surface area contributed by atoms with Gasteiger partial charge in [0.05, 0.1) is 16.6 Å². The van der Waals surface area contributed by atoms with Crippen LogP contribution in [0.4, 0.5) is 4.39 Å². The van der Waals surface area contributed by atoms with Gasteiger partial charge in [-0.05, 0) is 91.0 Å². The first-order chi connectivity index (χ1) is 16.0. The van der Waals surface area contributed by atoms with Gasteiger partial charge in [-0.1, -0.05) is 25.1 Å². The number of carbonyl (C=O) groups is 1. The highest BCUT2D eigenvalue weighted by Gasteiger charge is 2.27. The largest absolute Gasteiger partial charge is 0.354 e. The lowest BCUT2D eigenvalue weighted by molar-refractivity contribution is -0.120. The van der Waals surface area contributed by atoms with Crippen LogP contribution >= 0.6 is 11.3 Å². The molecule has 0 radical (unpaired) electrons. The molecular weight excluding hydrogens is 433 g/mol. The van der Waals surface area contributed by atoms with Crippen LogP contribution in [0.3, 0.4) is 0 Å². The van der Waals surface area contributed by atoms with Crippen LogP contribution in [0.1, 0.15) is 49.2 Å². The molecule has 170 valence electrons. The van der Waals surface area contributed by atoms with E-state index < -0.39 is 0 Å². The summed E-state index contributed by atoms with van der Waals surface area (Å²) in [6.45, 7) is 6.97. The maximum Gasteiger partial charge on any atom is 0.224 e. The summed E-state index contributed by atoms with van der Waals surface area (Å²) >= 11 is 1.64. The van der Waals surface area contributed by atoms with E-state index in [1.54, 1.807) is 17.4 Å². The average molecular weight is 462 g/mol. The third-order valence-corrected chi connectivity index (χ3v) is 7.79. The molecule has 1 amide bonds. The van der Waals surface area contributed by atoms with E-state index in [1.807, 2.05) is 31.2 Å². The fourth-order valence-electron chi connectivity index (χ4n) is 5.05. The fraction of sp³-hybridized carbons (Fsp3) is 0.333. The van der Waals surface area contributed by atoms with Crippen LogP contribution in [0, 0.1) is 5.82 Å². The summed E-state index contributed by atoms with van der Waals surface area (Å²) in [5, 5.41) is 4.04. The quantitative estimate of drug-likeness (QED) is 0.508. The third kappa shape index (κ3) is 4.37. The molecule has 1 atom stereocenters. The SMILES string of the molecule is CCN1CCC[C@H]1CNC(=O)CC1=C(C)/C(=C/c2nc3ccccc3s2)c2ccc(F)cc21. The topological polar surface area (TPSA) is 45.2 Å². The summed E-state index contributed by atoms with van der Waals surface area (Å²) in [7, 11) is 0. The number of para-hydroxylation sites is 1. The van der Waals surface area contributed by atoms with E-state index in [0.717, 1.165) is 62.6 Å². The number of likely N-dealkylation sites (N-methyl/N-ethyl adjacent to an activating group) is 1. The van der Waals surface area contributed by atoms with Gasteiger partial charge < -0.3 is 5.32 Å². The summed E-state index contributed by atoms with van der Waals surface area (Å²) < 4.78 is 15.3. The number of likely N-dealkylation sites (tertiary alicyclic amines) is 1. The predicted octanol–water partition coefficient (Wildman–Crippen LogP) is 5.75. The van der Waals surface area contributed by atoms with Crippen LogP contribution < -0.4 is 5.32 Å². The fourth-order valence-corrected chi connectivity index (χ4v) is 5.96. The Morgan fingerprint density at radius 2 is 2.12 bits per heavy atom. The lowest BCUT2D eigenvalue weighted by Gasteiger charge is -2.23. The molecule has 0 saturated carbocycles. The minimum absolute atomic E-state index is 0.0104. The molecule has 4 nitrogen and oxygen atoms in total. The Kier molecular flexibility index (Phi) is 6.13. The lowest BCUT2D eigenvalue weighted by atomic mass is 10.0. The first-order valence-electron chi connectivity index (χ1n) is 11.6. The van der Waals surface area contributed by atoms with Crippen LogP contribution in [0.5, 0.6) is 0 Å². The number of benzene rings is 2. The molecule has 33 heavy (non-hydrogen) atoms. The van der Waals surface area contributed by atoms with Crippen molar-refractivity contribution in [1.82, 2.24) is 15.2 Å². The van der Waals surface area contributed by atoms with Gasteiger partial charge in [0.15, 0.2) is 0 Å². The van der Waals surface area contributed by atoms with Crippen LogP contribution in [0.15, 0.2) is 48.0 Å². The Hall–Kier alpha value is -2.83. The smallest absolute Gasteiger partial charge is 0.224 e. The highest BCUT2D eigenvalue weighted by Crippen LogP contribution is 2.44. The van der Waals surface area contributed by atoms with E-state index >= 15 is 0 Å². The zero-order valence-electron chi connectivity index (χ0n) is 19.0. The minimum atomic E-state index is -0.287. The normalized spacial score (nSPS) is 19.6. The first kappa shape index (κ1) is 22.0. The van der Waals surface area contributed by atoms with Gasteiger partial charge in [0.25, 0.3) is 0 Å². The molecule has 2 heterocycles. The molecule has 1 saturated heterocycles. The van der Waals surface area contributed by atoms with Gasteiger partial charge in [-0.3, -0.25) is 9.69 Å². The number of aromatic nitrogens is 1. The van der Waals surface area contributed by atoms with Crippen molar-refractivity contribution in [3.63, 3.8) is 0 Å². The molecule has 0 bridgehead atoms. The van der Waals surface area contributed by atoms with Crippen molar-refractivity contribution in [2.45, 2.75) is 39.2 Å². The summed E-state index contributed by atoms with van der Waals surface area (Å²) in [5.74, 6) is -0.297. The number of carbonyl (C=O) groups excluding carboxylic acids is 1. The van der Waals surface area contributed by atoms with Gasteiger partial charge in [0, 0.05) is 12.6 Å². The Labute approximate surface area is 197 Å². The Bertz CT molecular complexity index is 1240. The summed E-state index contributed by atoms with van der Waals surface area (Å²) in [5.41, 5.74) is 5.67. The minimum Gasteiger partial charge on any atom is -0.354 e. The molecule has 1 N–H and O–H groups in total. The molecule has 2 aliphatic rings. The van der Waals surface area contributed by atoms with Gasteiger partial charge in [-0.25, -0.2) is 9.37 Å². The molecule has 5 rings (SSSR count). The molecule has 1 aliphatic heterocycles. The highest BCUT2D eigenvalue weighted by atomic mass is 32.1. The van der Waals surface area contributed by atoms with Crippen molar-refractivity contribution >= 4 is 44.7 Å². The molecule has 2 aromatic carbocycles. The number of halogens is 1. The van der Waals surface area contributed by atoms with Gasteiger partial charge in [-0.2, -0.15) is 0 Å². The van der Waals surface area contributed by atoms with Crippen LogP contribution in [-0.4, -0.2) is 41.5 Å². The second-order valence-electron chi connectivity index (χ2n) is 8.78. The Morgan fingerprint density at radius 3 is 2.94 bits per heavy atom. The number of rotatable bonds is 6. The number of nitrogens with zero attached hydrogens (tertiary/aromatic N) is 2. The Balaban J connectivity index is 1.41. The van der Waals surface area contributed by atoms with E-state index in [-0.39, 0.29) is 18.1 Å². The number of nitrogens with one attached hydrogen (secondary N) is 1. The number of amides is 1. The maximum atomic E-state index is 14.2. The van der Waals surface area contributed by atoms with E-state index in [4.69, 9.17) is 4.98 Å². The van der Waals surface area contributed by atoms with Crippen molar-refractivity contribution in [1.29, 1.82) is 0 Å². The zero-order valence-corrected chi connectivity index (χ0v) is 19.8. The van der Waals surface area contributed by atoms with E-state index in [2.05, 4.69) is 29.3 Å². The van der Waals surface area contributed by atoms with Gasteiger partial charge in [0.1, 0.15) is 10.8 Å². The highest BCUT2D eigenvalue weighted by molar-refractivity contribution is 7.19. The standard InChI is InChI=1S/C27H28FN3OS/c1-3-31-12-6-7-19(31)16-29-26(32)14-21-17(2)22(20-11-10-18(28)13-23(20)21)15-27-30-24-8-4-5-9-25(24)33-27/h4-5,8-11,13,15,19H,3,6-7,12,14,16H2,1-2H3,(H,29,32)/b22-15-/t19-/m0/s1. The Morgan fingerprint density at radius 1 is 1.27 bits per heavy atom. The van der Waals surface area contributed by atoms with Crippen LogP contribution in [0.25, 0.3) is 27.4 Å². The van der Waals surface area contributed by atoms with Gasteiger partial charge in [-0.15, -0.1) is 11.3 Å². The van der Waals surface area contributed by atoms with E-state index in [9.17, 15) is 9.18 Å². The molecule has 6 heteroatoms. The number of thiazole rings is 1. The van der Waals surface area contributed by atoms with E-state index in [1.165, 1.54) is 12.5 Å². The van der Waals surface area contributed by atoms with Crippen molar-refractivity contribution in [3.8, 4) is 0 Å². The number of fused-ring (bicyclic) bond motifs is 2. The molecule has 1 fully saturated rings. The monoisotopic (exact) mass is 461 g/mol. The maximum absolute atomic E-state index is 14.2. The second kappa shape index (κ2) is 9.20. The molecule has 1 aromatic heterocycles. The average Bonchev–Trinajstić information content (AvgIpc) is 3.50. The summed E-state index contributed by atoms with van der Waals surface area (Å²) in [6.07, 6.45) is 4.63. The molecule has 0 unspecified atom stereocenters. The van der Waals surface area contributed by atoms with Crippen molar-refractivity contribution in [2.24, 2.45) is 0 Å². The van der Waals surface area contributed by atoms with Crippen molar-refractivity contribution < 1.29 is 9.18 Å². The molecule has 3 aromatic rings. The van der Waals surface area contributed by atoms with Crippen molar-refractivity contribution in [3.05, 3.63) is 70.0 Å².